The van der Waals surface area contributed by atoms with E-state index in [2.05, 4.69) is 45.9 Å². The summed E-state index contributed by atoms with van der Waals surface area (Å²) in [6.07, 6.45) is 4.22. The third-order valence-corrected chi connectivity index (χ3v) is 4.72. The standard InChI is InChI=1S/C21H26N4O/c1-15-6-9-20(17(3)12-15)23-21(26)24-22-14-18-7-8-19(13-16(18)2)25-10-4-5-11-25/h6-9,12-14H,4-5,10-11H2,1-3H3,(H2,23,24,26)/b22-14+. The highest BCUT2D eigenvalue weighted by Gasteiger charge is 2.12. The Morgan fingerprint density at radius 3 is 2.50 bits per heavy atom. The Morgan fingerprint density at radius 1 is 1.04 bits per heavy atom. The number of aryl methyl sites for hydroxylation is 3. The minimum Gasteiger partial charge on any atom is -0.372 e. The number of anilines is 2. The van der Waals surface area contributed by atoms with Crippen molar-refractivity contribution in [3.63, 3.8) is 0 Å². The number of nitrogens with one attached hydrogen (secondary N) is 2. The molecule has 2 amide bonds. The van der Waals surface area contributed by atoms with Crippen molar-refractivity contribution < 1.29 is 4.79 Å². The summed E-state index contributed by atoms with van der Waals surface area (Å²) in [5.41, 5.74) is 8.91. The number of nitrogens with zero attached hydrogens (tertiary/aromatic N) is 2. The summed E-state index contributed by atoms with van der Waals surface area (Å²) in [6.45, 7) is 8.33. The molecule has 0 bridgehead atoms. The van der Waals surface area contributed by atoms with Crippen LogP contribution in [0.2, 0.25) is 0 Å². The number of amides is 2. The van der Waals surface area contributed by atoms with Gasteiger partial charge < -0.3 is 10.2 Å². The van der Waals surface area contributed by atoms with Gasteiger partial charge in [0.25, 0.3) is 0 Å². The van der Waals surface area contributed by atoms with Crippen molar-refractivity contribution in [1.82, 2.24) is 5.43 Å². The van der Waals surface area contributed by atoms with Crippen molar-refractivity contribution in [1.29, 1.82) is 0 Å². The number of hydrazone groups is 1. The molecule has 1 saturated heterocycles. The minimum absolute atomic E-state index is 0.348. The van der Waals surface area contributed by atoms with Crippen molar-refractivity contribution in [2.24, 2.45) is 5.10 Å². The fraction of sp³-hybridized carbons (Fsp3) is 0.333. The van der Waals surface area contributed by atoms with Crippen LogP contribution < -0.4 is 15.6 Å². The fourth-order valence-electron chi connectivity index (χ4n) is 3.24. The predicted octanol–water partition coefficient (Wildman–Crippen LogP) is 4.37. The lowest BCUT2D eigenvalue weighted by Crippen LogP contribution is -2.24. The molecule has 2 N–H and O–H groups in total. The summed E-state index contributed by atoms with van der Waals surface area (Å²) in [7, 11) is 0. The van der Waals surface area contributed by atoms with Crippen molar-refractivity contribution >= 4 is 23.6 Å². The Balaban J connectivity index is 1.58. The second kappa shape index (κ2) is 8.04. The normalized spacial score (nSPS) is 14.0. The average Bonchev–Trinajstić information content (AvgIpc) is 3.13. The van der Waals surface area contributed by atoms with Crippen LogP contribution in [0, 0.1) is 20.8 Å². The average molecular weight is 350 g/mol. The number of carbonyl (C=O) groups is 1. The van der Waals surface area contributed by atoms with Gasteiger partial charge in [0, 0.05) is 24.5 Å². The molecule has 1 heterocycles. The van der Waals surface area contributed by atoms with Gasteiger partial charge in [-0.3, -0.25) is 0 Å². The molecule has 1 aliphatic heterocycles. The lowest BCUT2D eigenvalue weighted by atomic mass is 10.1. The van der Waals surface area contributed by atoms with Gasteiger partial charge in [-0.1, -0.05) is 23.8 Å². The third-order valence-electron chi connectivity index (χ3n) is 4.72. The van der Waals surface area contributed by atoms with Gasteiger partial charge in [0.2, 0.25) is 0 Å². The summed E-state index contributed by atoms with van der Waals surface area (Å²) < 4.78 is 0. The monoisotopic (exact) mass is 350 g/mol. The maximum absolute atomic E-state index is 12.0. The van der Waals surface area contributed by atoms with Gasteiger partial charge in [0.15, 0.2) is 0 Å². The van der Waals surface area contributed by atoms with Crippen LogP contribution in [-0.2, 0) is 0 Å². The summed E-state index contributed by atoms with van der Waals surface area (Å²) in [5.74, 6) is 0. The van der Waals surface area contributed by atoms with Crippen LogP contribution in [0.3, 0.4) is 0 Å². The van der Waals surface area contributed by atoms with Crippen LogP contribution in [0.4, 0.5) is 16.2 Å². The first kappa shape index (κ1) is 18.0. The number of urea groups is 1. The van der Waals surface area contributed by atoms with E-state index in [1.165, 1.54) is 24.1 Å². The lowest BCUT2D eigenvalue weighted by Gasteiger charge is -2.18. The molecule has 0 unspecified atom stereocenters. The first-order valence-corrected chi connectivity index (χ1v) is 9.06. The maximum atomic E-state index is 12.0. The summed E-state index contributed by atoms with van der Waals surface area (Å²) in [5, 5.41) is 6.89. The van der Waals surface area contributed by atoms with E-state index < -0.39 is 0 Å². The van der Waals surface area contributed by atoms with Gasteiger partial charge in [-0.15, -0.1) is 0 Å². The van der Waals surface area contributed by atoms with Crippen LogP contribution >= 0.6 is 0 Å². The van der Waals surface area contributed by atoms with E-state index in [1.54, 1.807) is 6.21 Å². The van der Waals surface area contributed by atoms with Gasteiger partial charge in [0.05, 0.1) is 6.21 Å². The summed E-state index contributed by atoms with van der Waals surface area (Å²) in [6, 6.07) is 11.9. The first-order valence-electron chi connectivity index (χ1n) is 9.06. The largest absolute Gasteiger partial charge is 0.372 e. The zero-order chi connectivity index (χ0) is 18.5. The molecule has 0 atom stereocenters. The van der Waals surface area contributed by atoms with Gasteiger partial charge in [-0.05, 0) is 68.5 Å². The minimum atomic E-state index is -0.348. The van der Waals surface area contributed by atoms with Crippen LogP contribution in [0.25, 0.3) is 0 Å². The molecule has 136 valence electrons. The smallest absolute Gasteiger partial charge is 0.339 e. The van der Waals surface area contributed by atoms with E-state index in [9.17, 15) is 4.79 Å². The molecule has 0 aromatic heterocycles. The Labute approximate surface area is 155 Å². The topological polar surface area (TPSA) is 56.7 Å². The molecule has 0 saturated carbocycles. The summed E-state index contributed by atoms with van der Waals surface area (Å²) in [4.78, 5) is 14.4. The van der Waals surface area contributed by atoms with Crippen LogP contribution in [-0.4, -0.2) is 25.3 Å². The molecule has 1 fully saturated rings. The van der Waals surface area contributed by atoms with E-state index >= 15 is 0 Å². The number of carbonyl (C=O) groups excluding carboxylic acids is 1. The number of hydrogen-bond donors (Lipinski definition) is 2. The Hall–Kier alpha value is -2.82. The molecular formula is C21H26N4O. The molecule has 1 aliphatic rings. The van der Waals surface area contributed by atoms with Crippen LogP contribution in [0.1, 0.15) is 35.1 Å². The SMILES string of the molecule is Cc1ccc(NC(=O)N/N=C/c2ccc(N3CCCC3)cc2C)c(C)c1. The van der Waals surface area contributed by atoms with Crippen molar-refractivity contribution in [2.45, 2.75) is 33.6 Å². The zero-order valence-corrected chi connectivity index (χ0v) is 15.7. The van der Waals surface area contributed by atoms with E-state index in [0.29, 0.717) is 0 Å². The second-order valence-electron chi connectivity index (χ2n) is 6.88. The molecule has 0 spiro atoms. The molecule has 26 heavy (non-hydrogen) atoms. The highest BCUT2D eigenvalue weighted by molar-refractivity contribution is 5.91. The van der Waals surface area contributed by atoms with E-state index in [-0.39, 0.29) is 6.03 Å². The molecule has 0 aliphatic carbocycles. The van der Waals surface area contributed by atoms with Gasteiger partial charge in [0.1, 0.15) is 0 Å². The van der Waals surface area contributed by atoms with E-state index in [0.717, 1.165) is 35.5 Å². The number of rotatable bonds is 4. The van der Waals surface area contributed by atoms with E-state index in [4.69, 9.17) is 0 Å². The molecule has 5 nitrogen and oxygen atoms in total. The fourth-order valence-corrected chi connectivity index (χ4v) is 3.24. The third kappa shape index (κ3) is 4.42. The lowest BCUT2D eigenvalue weighted by molar-refractivity contribution is 0.252. The van der Waals surface area contributed by atoms with Gasteiger partial charge >= 0.3 is 6.03 Å². The summed E-state index contributed by atoms with van der Waals surface area (Å²) >= 11 is 0. The molecule has 3 rings (SSSR count). The highest BCUT2D eigenvalue weighted by Crippen LogP contribution is 2.22. The quantitative estimate of drug-likeness (QED) is 0.635. The Morgan fingerprint density at radius 2 is 1.81 bits per heavy atom. The Kier molecular flexibility index (Phi) is 5.56. The molecular weight excluding hydrogens is 324 g/mol. The molecule has 2 aromatic rings. The van der Waals surface area contributed by atoms with Crippen molar-refractivity contribution in [3.05, 3.63) is 58.7 Å². The predicted molar refractivity (Wildman–Crippen MR) is 108 cm³/mol. The second-order valence-corrected chi connectivity index (χ2v) is 6.88. The van der Waals surface area contributed by atoms with Gasteiger partial charge in [-0.25, -0.2) is 10.2 Å². The molecule has 2 aromatic carbocycles. The molecule has 5 heteroatoms. The van der Waals surface area contributed by atoms with Crippen molar-refractivity contribution in [3.8, 4) is 0 Å². The zero-order valence-electron chi connectivity index (χ0n) is 15.7. The first-order chi connectivity index (χ1) is 12.5. The van der Waals surface area contributed by atoms with Gasteiger partial charge in [-0.2, -0.15) is 5.10 Å². The number of hydrogen-bond acceptors (Lipinski definition) is 3. The molecule has 0 radical (unpaired) electrons. The highest BCUT2D eigenvalue weighted by atomic mass is 16.2. The van der Waals surface area contributed by atoms with Crippen molar-refractivity contribution in [2.75, 3.05) is 23.3 Å². The van der Waals surface area contributed by atoms with Crippen LogP contribution in [0.15, 0.2) is 41.5 Å². The number of benzene rings is 2. The van der Waals surface area contributed by atoms with E-state index in [1.807, 2.05) is 32.0 Å². The maximum Gasteiger partial charge on any atom is 0.339 e. The van der Waals surface area contributed by atoms with Crippen LogP contribution in [0.5, 0.6) is 0 Å². The Bertz CT molecular complexity index is 823.